The molecule has 3 N–H and O–H groups in total. The largest absolute Gasteiger partial charge is 0.390 e. The maximum Gasteiger partial charge on any atom is 0.0943 e. The summed E-state index contributed by atoms with van der Waals surface area (Å²) in [6, 6.07) is 0. The predicted octanol–water partition coefficient (Wildman–Crippen LogP) is 1.07. The molecule has 1 saturated carbocycles. The van der Waals surface area contributed by atoms with Gasteiger partial charge in [0.2, 0.25) is 0 Å². The molecule has 0 aliphatic heterocycles. The molecule has 0 heterocycles. The van der Waals surface area contributed by atoms with Gasteiger partial charge in [-0.1, -0.05) is 6.58 Å². The molecule has 0 spiro atoms. The van der Waals surface area contributed by atoms with Crippen molar-refractivity contribution < 1.29 is 9.84 Å². The minimum Gasteiger partial charge on any atom is -0.390 e. The molecule has 1 aliphatic rings. The van der Waals surface area contributed by atoms with Crippen LogP contribution in [0.1, 0.15) is 27.2 Å². The third-order valence-electron chi connectivity index (χ3n) is 2.99. The van der Waals surface area contributed by atoms with Gasteiger partial charge in [0.25, 0.3) is 0 Å². The van der Waals surface area contributed by atoms with Crippen molar-refractivity contribution in [2.75, 3.05) is 13.2 Å². The fraction of sp³-hybridized carbons (Fsp3) is 0.818. The van der Waals surface area contributed by atoms with Crippen LogP contribution in [0.25, 0.3) is 0 Å². The topological polar surface area (TPSA) is 55.5 Å². The summed E-state index contributed by atoms with van der Waals surface area (Å²) in [5, 5.41) is 9.50. The van der Waals surface area contributed by atoms with Crippen molar-refractivity contribution in [3.05, 3.63) is 12.2 Å². The zero-order valence-corrected chi connectivity index (χ0v) is 9.34. The standard InChI is InChI=1S/C11H21NO2/c1-8-9(7-12)11(8,4)14-6-5-10(2,3)13/h9,13H,1,5-7,12H2,2-4H3. The highest BCUT2D eigenvalue weighted by Gasteiger charge is 2.55. The summed E-state index contributed by atoms with van der Waals surface area (Å²) < 4.78 is 5.69. The highest BCUT2D eigenvalue weighted by atomic mass is 16.5. The molecule has 82 valence electrons. The van der Waals surface area contributed by atoms with E-state index in [9.17, 15) is 5.11 Å². The van der Waals surface area contributed by atoms with Gasteiger partial charge < -0.3 is 15.6 Å². The fourth-order valence-electron chi connectivity index (χ4n) is 1.64. The predicted molar refractivity (Wildman–Crippen MR) is 57.0 cm³/mol. The molecule has 14 heavy (non-hydrogen) atoms. The van der Waals surface area contributed by atoms with Gasteiger partial charge >= 0.3 is 0 Å². The van der Waals surface area contributed by atoms with Crippen molar-refractivity contribution in [1.29, 1.82) is 0 Å². The number of aliphatic hydroxyl groups is 1. The first-order valence-electron chi connectivity index (χ1n) is 5.07. The smallest absolute Gasteiger partial charge is 0.0943 e. The second kappa shape index (κ2) is 3.65. The van der Waals surface area contributed by atoms with Gasteiger partial charge in [-0.2, -0.15) is 0 Å². The van der Waals surface area contributed by atoms with Crippen LogP contribution >= 0.6 is 0 Å². The van der Waals surface area contributed by atoms with Crippen molar-refractivity contribution >= 4 is 0 Å². The van der Waals surface area contributed by atoms with Crippen LogP contribution < -0.4 is 5.73 Å². The minimum absolute atomic E-state index is 0.236. The molecular weight excluding hydrogens is 178 g/mol. The van der Waals surface area contributed by atoms with Crippen LogP contribution in [0.3, 0.4) is 0 Å². The van der Waals surface area contributed by atoms with E-state index in [1.165, 1.54) is 0 Å². The molecule has 0 bridgehead atoms. The van der Waals surface area contributed by atoms with E-state index in [0.29, 0.717) is 25.5 Å². The minimum atomic E-state index is -0.662. The van der Waals surface area contributed by atoms with E-state index in [1.807, 2.05) is 6.92 Å². The first-order valence-corrected chi connectivity index (χ1v) is 5.07. The van der Waals surface area contributed by atoms with Crippen molar-refractivity contribution in [2.45, 2.75) is 38.4 Å². The second-order valence-corrected chi connectivity index (χ2v) is 4.83. The Morgan fingerprint density at radius 1 is 1.64 bits per heavy atom. The van der Waals surface area contributed by atoms with Crippen LogP contribution in [0.15, 0.2) is 12.2 Å². The molecule has 0 aromatic heterocycles. The van der Waals surface area contributed by atoms with Gasteiger partial charge in [-0.15, -0.1) is 0 Å². The molecule has 0 saturated heterocycles. The number of ether oxygens (including phenoxy) is 1. The average molecular weight is 199 g/mol. The Hall–Kier alpha value is -0.380. The van der Waals surface area contributed by atoms with Crippen LogP contribution in [0.2, 0.25) is 0 Å². The molecule has 0 aromatic rings. The molecule has 1 aliphatic carbocycles. The van der Waals surface area contributed by atoms with Crippen molar-refractivity contribution in [3.8, 4) is 0 Å². The Morgan fingerprint density at radius 3 is 2.57 bits per heavy atom. The van der Waals surface area contributed by atoms with E-state index in [1.54, 1.807) is 13.8 Å². The molecular formula is C11H21NO2. The molecule has 2 atom stereocenters. The van der Waals surface area contributed by atoms with Gasteiger partial charge in [-0.25, -0.2) is 0 Å². The van der Waals surface area contributed by atoms with Crippen LogP contribution in [-0.4, -0.2) is 29.5 Å². The number of hydrogen-bond donors (Lipinski definition) is 2. The first-order chi connectivity index (χ1) is 6.31. The summed E-state index contributed by atoms with van der Waals surface area (Å²) in [7, 11) is 0. The van der Waals surface area contributed by atoms with Gasteiger partial charge in [0, 0.05) is 12.5 Å². The normalized spacial score (nSPS) is 32.1. The maximum absolute atomic E-state index is 9.50. The molecule has 0 radical (unpaired) electrons. The third kappa shape index (κ3) is 2.35. The lowest BCUT2D eigenvalue weighted by Gasteiger charge is -2.19. The third-order valence-corrected chi connectivity index (χ3v) is 2.99. The quantitative estimate of drug-likeness (QED) is 0.651. The molecule has 1 rings (SSSR count). The van der Waals surface area contributed by atoms with Crippen LogP contribution in [0.4, 0.5) is 0 Å². The molecule has 2 unspecified atom stereocenters. The van der Waals surface area contributed by atoms with E-state index in [0.717, 1.165) is 5.57 Å². The summed E-state index contributed by atoms with van der Waals surface area (Å²) in [4.78, 5) is 0. The van der Waals surface area contributed by atoms with Crippen LogP contribution in [0.5, 0.6) is 0 Å². The molecule has 0 amide bonds. The van der Waals surface area contributed by atoms with Gasteiger partial charge in [0.1, 0.15) is 0 Å². The van der Waals surface area contributed by atoms with Crippen molar-refractivity contribution in [2.24, 2.45) is 11.7 Å². The first kappa shape index (κ1) is 11.7. The fourth-order valence-corrected chi connectivity index (χ4v) is 1.64. The Labute approximate surface area is 85.9 Å². The summed E-state index contributed by atoms with van der Waals surface area (Å²) in [6.07, 6.45) is 0.632. The second-order valence-electron chi connectivity index (χ2n) is 4.83. The Kier molecular flexibility index (Phi) is 3.04. The Bertz CT molecular complexity index is 232. The Morgan fingerprint density at radius 2 is 2.21 bits per heavy atom. The number of hydrogen-bond acceptors (Lipinski definition) is 3. The van der Waals surface area contributed by atoms with E-state index in [4.69, 9.17) is 10.5 Å². The van der Waals surface area contributed by atoms with Gasteiger partial charge in [0.15, 0.2) is 0 Å². The van der Waals surface area contributed by atoms with Crippen LogP contribution in [-0.2, 0) is 4.74 Å². The SMILES string of the molecule is C=C1C(CN)C1(C)OCCC(C)(C)O. The lowest BCUT2D eigenvalue weighted by atomic mass is 10.1. The zero-order valence-electron chi connectivity index (χ0n) is 9.34. The molecule has 3 nitrogen and oxygen atoms in total. The maximum atomic E-state index is 9.50. The van der Waals surface area contributed by atoms with E-state index in [2.05, 4.69) is 6.58 Å². The van der Waals surface area contributed by atoms with Crippen molar-refractivity contribution in [3.63, 3.8) is 0 Å². The van der Waals surface area contributed by atoms with Crippen LogP contribution in [0, 0.1) is 5.92 Å². The van der Waals surface area contributed by atoms with E-state index < -0.39 is 5.60 Å². The number of nitrogens with two attached hydrogens (primary N) is 1. The van der Waals surface area contributed by atoms with Gasteiger partial charge in [-0.3, -0.25) is 0 Å². The van der Waals surface area contributed by atoms with E-state index >= 15 is 0 Å². The van der Waals surface area contributed by atoms with Gasteiger partial charge in [-0.05, 0) is 32.8 Å². The highest BCUT2D eigenvalue weighted by Crippen LogP contribution is 2.50. The molecule has 1 fully saturated rings. The summed E-state index contributed by atoms with van der Waals surface area (Å²) in [6.45, 7) is 10.6. The van der Waals surface area contributed by atoms with E-state index in [-0.39, 0.29) is 5.60 Å². The Balaban J connectivity index is 2.30. The highest BCUT2D eigenvalue weighted by molar-refractivity contribution is 5.38. The molecule has 0 aromatic carbocycles. The summed E-state index contributed by atoms with van der Waals surface area (Å²) in [5.41, 5.74) is 5.75. The number of rotatable bonds is 5. The summed E-state index contributed by atoms with van der Waals surface area (Å²) >= 11 is 0. The lowest BCUT2D eigenvalue weighted by Crippen LogP contribution is -2.24. The monoisotopic (exact) mass is 199 g/mol. The van der Waals surface area contributed by atoms with Gasteiger partial charge in [0.05, 0.1) is 17.8 Å². The summed E-state index contributed by atoms with van der Waals surface area (Å²) in [5.74, 6) is 0.296. The lowest BCUT2D eigenvalue weighted by molar-refractivity contribution is -0.00756. The van der Waals surface area contributed by atoms with Crippen molar-refractivity contribution in [1.82, 2.24) is 0 Å². The average Bonchev–Trinajstić information content (AvgIpc) is 2.51. The zero-order chi connectivity index (χ0) is 11.0. The molecule has 3 heteroatoms.